The fraction of sp³-hybridized carbons (Fsp3) is 0.833. The molecule has 0 aromatic rings. The minimum absolute atomic E-state index is 1.15. The van der Waals surface area contributed by atoms with E-state index in [1.807, 2.05) is 0 Å². The first kappa shape index (κ1) is 10.8. The lowest BCUT2D eigenvalue weighted by Gasteiger charge is -2.15. The largest absolute Gasteiger partial charge is 0.313 e. The van der Waals surface area contributed by atoms with E-state index < -0.39 is 0 Å². The Labute approximate surface area is 82.6 Å². The summed E-state index contributed by atoms with van der Waals surface area (Å²) in [5, 5.41) is 3.42. The molecule has 1 aliphatic heterocycles. The molecule has 0 aromatic carbocycles. The summed E-state index contributed by atoms with van der Waals surface area (Å²) in [6, 6.07) is 0. The van der Waals surface area contributed by atoms with Crippen molar-refractivity contribution < 1.29 is 0 Å². The van der Waals surface area contributed by atoms with E-state index in [0.717, 1.165) is 6.54 Å². The van der Waals surface area contributed by atoms with Gasteiger partial charge in [0.15, 0.2) is 0 Å². The van der Waals surface area contributed by atoms with Crippen LogP contribution in [0.2, 0.25) is 0 Å². The molecule has 1 saturated heterocycles. The molecule has 0 spiro atoms. The summed E-state index contributed by atoms with van der Waals surface area (Å²) in [4.78, 5) is 0. The molecule has 13 heavy (non-hydrogen) atoms. The number of unbranched alkanes of at least 4 members (excludes halogenated alkanes) is 4. The monoisotopic (exact) mass is 181 g/mol. The van der Waals surface area contributed by atoms with E-state index >= 15 is 0 Å². The van der Waals surface area contributed by atoms with E-state index in [2.05, 4.69) is 18.3 Å². The number of hydrogen-bond donors (Lipinski definition) is 1. The molecule has 0 atom stereocenters. The molecule has 0 saturated carbocycles. The van der Waals surface area contributed by atoms with Crippen LogP contribution in [0.4, 0.5) is 0 Å². The van der Waals surface area contributed by atoms with E-state index in [4.69, 9.17) is 0 Å². The Morgan fingerprint density at radius 3 is 2.92 bits per heavy atom. The summed E-state index contributed by atoms with van der Waals surface area (Å²) < 4.78 is 0. The van der Waals surface area contributed by atoms with Crippen LogP contribution in [0.25, 0.3) is 0 Å². The van der Waals surface area contributed by atoms with Crippen molar-refractivity contribution in [1.29, 1.82) is 0 Å². The van der Waals surface area contributed by atoms with Gasteiger partial charge in [0.05, 0.1) is 0 Å². The van der Waals surface area contributed by atoms with Gasteiger partial charge in [-0.2, -0.15) is 0 Å². The smallest absolute Gasteiger partial charge is 0.0164 e. The summed E-state index contributed by atoms with van der Waals surface area (Å²) in [5.41, 5.74) is 1.64. The van der Waals surface area contributed by atoms with Crippen LogP contribution in [0.15, 0.2) is 11.6 Å². The lowest BCUT2D eigenvalue weighted by atomic mass is 10.0. The predicted molar refractivity (Wildman–Crippen MR) is 58.9 cm³/mol. The molecule has 0 aromatic heterocycles. The molecule has 1 rings (SSSR count). The van der Waals surface area contributed by atoms with Crippen LogP contribution < -0.4 is 5.32 Å². The van der Waals surface area contributed by atoms with Gasteiger partial charge in [-0.1, -0.05) is 37.8 Å². The van der Waals surface area contributed by atoms with Gasteiger partial charge in [-0.15, -0.1) is 0 Å². The van der Waals surface area contributed by atoms with Crippen molar-refractivity contribution in [2.24, 2.45) is 0 Å². The minimum Gasteiger partial charge on any atom is -0.313 e. The zero-order chi connectivity index (χ0) is 9.36. The second-order valence-corrected chi connectivity index (χ2v) is 3.99. The maximum absolute atomic E-state index is 3.42. The third kappa shape index (κ3) is 5.09. The fourth-order valence-electron chi connectivity index (χ4n) is 1.83. The highest BCUT2D eigenvalue weighted by molar-refractivity contribution is 5.06. The number of hydrogen-bond acceptors (Lipinski definition) is 1. The summed E-state index contributed by atoms with van der Waals surface area (Å²) >= 11 is 0. The third-order valence-corrected chi connectivity index (χ3v) is 2.69. The Hall–Kier alpha value is -0.300. The van der Waals surface area contributed by atoms with Gasteiger partial charge in [-0.3, -0.25) is 0 Å². The molecule has 1 aliphatic rings. The number of piperidine rings is 1. The normalized spacial score (nSPS) is 20.8. The highest BCUT2D eigenvalue weighted by Crippen LogP contribution is 2.11. The van der Waals surface area contributed by atoms with Crippen molar-refractivity contribution in [3.05, 3.63) is 11.6 Å². The molecular formula is C12H23N. The van der Waals surface area contributed by atoms with E-state index in [1.54, 1.807) is 5.57 Å². The van der Waals surface area contributed by atoms with Crippen molar-refractivity contribution in [2.45, 2.75) is 51.9 Å². The molecule has 0 bridgehead atoms. The summed E-state index contributed by atoms with van der Waals surface area (Å²) in [7, 11) is 0. The third-order valence-electron chi connectivity index (χ3n) is 2.69. The highest BCUT2D eigenvalue weighted by atomic mass is 14.9. The van der Waals surface area contributed by atoms with Crippen molar-refractivity contribution in [1.82, 2.24) is 5.32 Å². The Bertz CT molecular complexity index is 141. The van der Waals surface area contributed by atoms with Crippen LogP contribution in [0.5, 0.6) is 0 Å². The zero-order valence-corrected chi connectivity index (χ0v) is 8.94. The van der Waals surface area contributed by atoms with Crippen LogP contribution in [0.3, 0.4) is 0 Å². The van der Waals surface area contributed by atoms with Gasteiger partial charge in [-0.05, 0) is 32.2 Å². The molecule has 1 heteroatoms. The molecule has 0 radical (unpaired) electrons. The maximum Gasteiger partial charge on any atom is 0.0164 e. The summed E-state index contributed by atoms with van der Waals surface area (Å²) in [5.74, 6) is 0. The molecule has 0 unspecified atom stereocenters. The zero-order valence-electron chi connectivity index (χ0n) is 8.94. The SMILES string of the molecule is CCCCCCC=C1CCCNC1. The van der Waals surface area contributed by atoms with Crippen molar-refractivity contribution in [3.63, 3.8) is 0 Å². The first-order valence-corrected chi connectivity index (χ1v) is 5.82. The van der Waals surface area contributed by atoms with E-state index in [1.165, 1.54) is 51.5 Å². The first-order chi connectivity index (χ1) is 6.43. The van der Waals surface area contributed by atoms with E-state index in [9.17, 15) is 0 Å². The molecule has 0 aliphatic carbocycles. The number of rotatable bonds is 5. The molecule has 1 N–H and O–H groups in total. The van der Waals surface area contributed by atoms with Crippen molar-refractivity contribution in [3.8, 4) is 0 Å². The fourth-order valence-corrected chi connectivity index (χ4v) is 1.83. The standard InChI is InChI=1S/C12H23N/c1-2-3-4-5-6-8-12-9-7-10-13-11-12/h8,13H,2-7,9-11H2,1H3. The van der Waals surface area contributed by atoms with Crippen LogP contribution in [-0.2, 0) is 0 Å². The molecule has 0 amide bonds. The van der Waals surface area contributed by atoms with Gasteiger partial charge in [0.2, 0.25) is 0 Å². The lowest BCUT2D eigenvalue weighted by Crippen LogP contribution is -2.23. The van der Waals surface area contributed by atoms with Gasteiger partial charge in [0.1, 0.15) is 0 Å². The molecule has 1 heterocycles. The van der Waals surface area contributed by atoms with Crippen LogP contribution >= 0.6 is 0 Å². The Morgan fingerprint density at radius 1 is 1.31 bits per heavy atom. The number of allylic oxidation sites excluding steroid dienone is 1. The van der Waals surface area contributed by atoms with Crippen LogP contribution in [0.1, 0.15) is 51.9 Å². The van der Waals surface area contributed by atoms with Crippen molar-refractivity contribution >= 4 is 0 Å². The first-order valence-electron chi connectivity index (χ1n) is 5.82. The Morgan fingerprint density at radius 2 is 2.23 bits per heavy atom. The highest BCUT2D eigenvalue weighted by Gasteiger charge is 2.02. The van der Waals surface area contributed by atoms with Gasteiger partial charge in [0, 0.05) is 6.54 Å². The molecule has 1 fully saturated rings. The van der Waals surface area contributed by atoms with Crippen molar-refractivity contribution in [2.75, 3.05) is 13.1 Å². The number of nitrogens with one attached hydrogen (secondary N) is 1. The molecule has 76 valence electrons. The van der Waals surface area contributed by atoms with Gasteiger partial charge >= 0.3 is 0 Å². The van der Waals surface area contributed by atoms with Gasteiger partial charge < -0.3 is 5.32 Å². The summed E-state index contributed by atoms with van der Waals surface area (Å²) in [6.45, 7) is 4.63. The minimum atomic E-state index is 1.15. The summed E-state index contributed by atoms with van der Waals surface area (Å²) in [6.07, 6.45) is 12.0. The quantitative estimate of drug-likeness (QED) is 0.507. The second-order valence-electron chi connectivity index (χ2n) is 3.99. The van der Waals surface area contributed by atoms with Gasteiger partial charge in [-0.25, -0.2) is 0 Å². The predicted octanol–water partition coefficient (Wildman–Crippen LogP) is 3.27. The lowest BCUT2D eigenvalue weighted by molar-refractivity contribution is 0.603. The van der Waals surface area contributed by atoms with Gasteiger partial charge in [0.25, 0.3) is 0 Å². The maximum atomic E-state index is 3.42. The average Bonchev–Trinajstić information content (AvgIpc) is 2.19. The van der Waals surface area contributed by atoms with E-state index in [-0.39, 0.29) is 0 Å². The Kier molecular flexibility index (Phi) is 5.92. The van der Waals surface area contributed by atoms with E-state index in [0.29, 0.717) is 0 Å². The average molecular weight is 181 g/mol. The van der Waals surface area contributed by atoms with Crippen LogP contribution in [-0.4, -0.2) is 13.1 Å². The molecular weight excluding hydrogens is 158 g/mol. The topological polar surface area (TPSA) is 12.0 Å². The Balaban J connectivity index is 2.01. The molecule has 1 nitrogen and oxygen atoms in total. The second kappa shape index (κ2) is 7.14. The van der Waals surface area contributed by atoms with Crippen LogP contribution in [0, 0.1) is 0 Å².